The van der Waals surface area contributed by atoms with Gasteiger partial charge in [0, 0.05) is 33.7 Å². The Morgan fingerprint density at radius 3 is 1.68 bits per heavy atom. The van der Waals surface area contributed by atoms with E-state index in [1.165, 1.54) is 16.2 Å². The highest BCUT2D eigenvalue weighted by molar-refractivity contribution is 6.18. The second kappa shape index (κ2) is 10.2. The Morgan fingerprint density at radius 1 is 0.432 bits per heavy atom. The van der Waals surface area contributed by atoms with Gasteiger partial charge in [0.25, 0.3) is 0 Å². The lowest BCUT2D eigenvalue weighted by molar-refractivity contribution is 1.13. The molecule has 4 heteroatoms. The van der Waals surface area contributed by atoms with Gasteiger partial charge in [0.05, 0.1) is 39.8 Å². The second-order valence-corrected chi connectivity index (χ2v) is 10.9. The Labute approximate surface area is 254 Å². The van der Waals surface area contributed by atoms with Crippen molar-refractivity contribution in [2.45, 2.75) is 0 Å². The van der Waals surface area contributed by atoms with Crippen LogP contribution in [0.2, 0.25) is 0 Å². The lowest BCUT2D eigenvalue weighted by atomic mass is 9.96. The molecule has 2 heterocycles. The normalized spacial score (nSPS) is 11.1. The number of nitriles is 2. The molecule has 204 valence electrons. The number of rotatable bonds is 4. The molecule has 2 aromatic heterocycles. The van der Waals surface area contributed by atoms with Crippen LogP contribution in [0, 0.1) is 22.7 Å². The van der Waals surface area contributed by atoms with Gasteiger partial charge in [-0.1, -0.05) is 66.7 Å². The van der Waals surface area contributed by atoms with Crippen LogP contribution in [-0.4, -0.2) is 9.13 Å². The molecular weight excluding hydrogens is 536 g/mol. The Kier molecular flexibility index (Phi) is 5.86. The Bertz CT molecular complexity index is 2350. The van der Waals surface area contributed by atoms with E-state index in [9.17, 15) is 10.5 Å². The smallest absolute Gasteiger partial charge is 0.0991 e. The average molecular weight is 561 g/mol. The predicted molar refractivity (Wildman–Crippen MR) is 178 cm³/mol. The number of nitrogens with zero attached hydrogens (tertiary/aromatic N) is 4. The minimum Gasteiger partial charge on any atom is -0.316 e. The predicted octanol–water partition coefficient (Wildman–Crippen LogP) is 9.80. The van der Waals surface area contributed by atoms with Crippen molar-refractivity contribution in [1.82, 2.24) is 9.13 Å². The highest BCUT2D eigenvalue weighted by atomic mass is 15.0. The molecule has 0 atom stereocenters. The zero-order valence-electron chi connectivity index (χ0n) is 23.6. The first-order valence-corrected chi connectivity index (χ1v) is 14.5. The zero-order valence-corrected chi connectivity index (χ0v) is 23.6. The fourth-order valence-corrected chi connectivity index (χ4v) is 6.31. The van der Waals surface area contributed by atoms with Gasteiger partial charge in [0.1, 0.15) is 0 Å². The van der Waals surface area contributed by atoms with Crippen molar-refractivity contribution in [3.05, 3.63) is 157 Å². The first-order valence-electron chi connectivity index (χ1n) is 14.5. The molecule has 0 N–H and O–H groups in total. The van der Waals surface area contributed by atoms with Crippen LogP contribution in [0.1, 0.15) is 11.1 Å². The van der Waals surface area contributed by atoms with Crippen molar-refractivity contribution in [3.8, 4) is 45.8 Å². The van der Waals surface area contributed by atoms with Crippen LogP contribution in [0.3, 0.4) is 0 Å². The molecule has 0 radical (unpaired) electrons. The molecular formula is C40H24N4. The van der Waals surface area contributed by atoms with E-state index in [1.54, 1.807) is 0 Å². The third kappa shape index (κ3) is 4.06. The van der Waals surface area contributed by atoms with Crippen LogP contribution in [-0.2, 0) is 0 Å². The van der Waals surface area contributed by atoms with Gasteiger partial charge in [-0.15, -0.1) is 0 Å². The number of fused-ring (bicyclic) bond motifs is 5. The lowest BCUT2D eigenvalue weighted by Crippen LogP contribution is -1.97. The van der Waals surface area contributed by atoms with Crippen LogP contribution in [0.25, 0.3) is 66.3 Å². The number of hydrogen-bond donors (Lipinski definition) is 0. The standard InChI is InChI=1S/C40H24N4/c41-25-27-10-14-29(15-11-27)31-22-32(30-16-12-28(26-42)13-17-30)24-34(23-31)44-39-9-5-4-8-35(39)36-18-19-38-37(40(36)44)20-21-43(38)33-6-2-1-3-7-33/h1-24H. The summed E-state index contributed by atoms with van der Waals surface area (Å²) in [7, 11) is 0. The van der Waals surface area contributed by atoms with Gasteiger partial charge in [-0.2, -0.15) is 10.5 Å². The number of hydrogen-bond acceptors (Lipinski definition) is 2. The topological polar surface area (TPSA) is 57.4 Å². The second-order valence-electron chi connectivity index (χ2n) is 10.9. The number of benzene rings is 6. The SMILES string of the molecule is N#Cc1ccc(-c2cc(-c3ccc(C#N)cc3)cc(-n3c4ccccc4c4ccc5c(ccn5-c5ccccc5)c43)c2)cc1. The van der Waals surface area contributed by atoms with Gasteiger partial charge in [-0.25, -0.2) is 0 Å². The molecule has 0 aliphatic heterocycles. The molecule has 0 saturated heterocycles. The highest BCUT2D eigenvalue weighted by Crippen LogP contribution is 2.39. The summed E-state index contributed by atoms with van der Waals surface area (Å²) in [6.07, 6.45) is 2.15. The molecule has 8 aromatic rings. The van der Waals surface area contributed by atoms with Crippen molar-refractivity contribution in [1.29, 1.82) is 10.5 Å². The Balaban J connectivity index is 1.44. The fraction of sp³-hybridized carbons (Fsp3) is 0. The molecule has 0 aliphatic rings. The summed E-state index contributed by atoms with van der Waals surface area (Å²) in [6.45, 7) is 0. The summed E-state index contributed by atoms with van der Waals surface area (Å²) in [6, 6.07) is 52.2. The molecule has 0 unspecified atom stereocenters. The van der Waals surface area contributed by atoms with Gasteiger partial charge in [0.2, 0.25) is 0 Å². The van der Waals surface area contributed by atoms with E-state index in [4.69, 9.17) is 0 Å². The molecule has 0 bridgehead atoms. The van der Waals surface area contributed by atoms with Crippen LogP contribution in [0.15, 0.2) is 146 Å². The van der Waals surface area contributed by atoms with E-state index in [2.05, 4.69) is 112 Å². The maximum absolute atomic E-state index is 9.39. The number of aromatic nitrogens is 2. The zero-order chi connectivity index (χ0) is 29.6. The van der Waals surface area contributed by atoms with Gasteiger partial charge < -0.3 is 9.13 Å². The van der Waals surface area contributed by atoms with E-state index < -0.39 is 0 Å². The molecule has 0 spiro atoms. The summed E-state index contributed by atoms with van der Waals surface area (Å²) in [5, 5.41) is 22.3. The fourth-order valence-electron chi connectivity index (χ4n) is 6.31. The van der Waals surface area contributed by atoms with Gasteiger partial charge in [-0.05, 0) is 95.1 Å². The molecule has 8 rings (SSSR count). The summed E-state index contributed by atoms with van der Waals surface area (Å²) in [5.74, 6) is 0. The highest BCUT2D eigenvalue weighted by Gasteiger charge is 2.18. The third-order valence-electron chi connectivity index (χ3n) is 8.41. The maximum atomic E-state index is 9.39. The Hall–Kier alpha value is -6.36. The number of para-hydroxylation sites is 2. The first kappa shape index (κ1) is 25.4. The van der Waals surface area contributed by atoms with Gasteiger partial charge >= 0.3 is 0 Å². The van der Waals surface area contributed by atoms with E-state index in [0.717, 1.165) is 50.2 Å². The van der Waals surface area contributed by atoms with Crippen LogP contribution >= 0.6 is 0 Å². The summed E-state index contributed by atoms with van der Waals surface area (Å²) in [5.41, 5.74) is 11.0. The van der Waals surface area contributed by atoms with Crippen molar-refractivity contribution in [3.63, 3.8) is 0 Å². The van der Waals surface area contributed by atoms with Gasteiger partial charge in [0.15, 0.2) is 0 Å². The van der Waals surface area contributed by atoms with Crippen molar-refractivity contribution in [2.24, 2.45) is 0 Å². The maximum Gasteiger partial charge on any atom is 0.0991 e. The van der Waals surface area contributed by atoms with E-state index in [0.29, 0.717) is 11.1 Å². The molecule has 0 saturated carbocycles. The third-order valence-corrected chi connectivity index (χ3v) is 8.41. The monoisotopic (exact) mass is 560 g/mol. The summed E-state index contributed by atoms with van der Waals surface area (Å²) in [4.78, 5) is 0. The van der Waals surface area contributed by atoms with Crippen LogP contribution in [0.4, 0.5) is 0 Å². The minimum atomic E-state index is 0.630. The van der Waals surface area contributed by atoms with Crippen molar-refractivity contribution < 1.29 is 0 Å². The van der Waals surface area contributed by atoms with E-state index in [1.807, 2.05) is 54.6 Å². The van der Waals surface area contributed by atoms with Crippen molar-refractivity contribution in [2.75, 3.05) is 0 Å². The molecule has 6 aromatic carbocycles. The molecule has 0 aliphatic carbocycles. The summed E-state index contributed by atoms with van der Waals surface area (Å²) < 4.78 is 4.62. The Morgan fingerprint density at radius 2 is 1.05 bits per heavy atom. The quantitative estimate of drug-likeness (QED) is 0.215. The largest absolute Gasteiger partial charge is 0.316 e. The van der Waals surface area contributed by atoms with Crippen molar-refractivity contribution >= 4 is 32.7 Å². The molecule has 0 fully saturated rings. The van der Waals surface area contributed by atoms with Gasteiger partial charge in [-0.3, -0.25) is 0 Å². The molecule has 4 nitrogen and oxygen atoms in total. The minimum absolute atomic E-state index is 0.630. The summed E-state index contributed by atoms with van der Waals surface area (Å²) >= 11 is 0. The first-order chi connectivity index (χ1) is 21.7. The van der Waals surface area contributed by atoms with E-state index in [-0.39, 0.29) is 0 Å². The molecule has 0 amide bonds. The lowest BCUT2D eigenvalue weighted by Gasteiger charge is -2.15. The van der Waals surface area contributed by atoms with Crippen LogP contribution < -0.4 is 0 Å². The molecule has 44 heavy (non-hydrogen) atoms. The average Bonchev–Trinajstić information content (AvgIpc) is 3.68. The van der Waals surface area contributed by atoms with Crippen LogP contribution in [0.5, 0.6) is 0 Å². The van der Waals surface area contributed by atoms with E-state index >= 15 is 0 Å².